The predicted molar refractivity (Wildman–Crippen MR) is 56.8 cm³/mol. The van der Waals surface area contributed by atoms with Gasteiger partial charge in [-0.05, 0) is 19.9 Å². The summed E-state index contributed by atoms with van der Waals surface area (Å²) in [5, 5.41) is 0. The number of imidazole rings is 1. The molecular formula is C10H17N3. The Morgan fingerprint density at radius 3 is 2.62 bits per heavy atom. The number of pyridine rings is 1. The highest BCUT2D eigenvalue weighted by Crippen LogP contribution is 2.11. The van der Waals surface area contributed by atoms with Crippen LogP contribution in [0.1, 0.15) is 26.8 Å². The quantitative estimate of drug-likeness (QED) is 0.675. The first-order valence-corrected chi connectivity index (χ1v) is 4.55. The lowest BCUT2D eigenvalue weighted by Crippen LogP contribution is -1.80. The molecule has 0 spiro atoms. The summed E-state index contributed by atoms with van der Waals surface area (Å²) in [5.41, 5.74) is 3.02. The average molecular weight is 179 g/mol. The van der Waals surface area contributed by atoms with Gasteiger partial charge in [0.25, 0.3) is 0 Å². The standard InChI is InChI=1S/C8H9N3.C2H6.H2/c1-5-8-7(3-4-9-5)10-6(2)11-8;1-2;/h3-4H,1-2H3,(H,10,11);1-2H3;1H. The average Bonchev–Trinajstić information content (AvgIpc) is 2.51. The van der Waals surface area contributed by atoms with Gasteiger partial charge in [-0.15, -0.1) is 0 Å². The van der Waals surface area contributed by atoms with Gasteiger partial charge in [0.1, 0.15) is 11.3 Å². The molecule has 0 bridgehead atoms. The summed E-state index contributed by atoms with van der Waals surface area (Å²) in [6.07, 6.45) is 1.79. The second kappa shape index (κ2) is 4.03. The van der Waals surface area contributed by atoms with Gasteiger partial charge in [-0.2, -0.15) is 0 Å². The fourth-order valence-corrected chi connectivity index (χ4v) is 1.19. The lowest BCUT2D eigenvalue weighted by atomic mass is 10.3. The molecule has 2 rings (SSSR count). The Hall–Kier alpha value is -1.38. The van der Waals surface area contributed by atoms with E-state index in [1.807, 2.05) is 33.8 Å². The second-order valence-electron chi connectivity index (χ2n) is 2.61. The molecule has 0 saturated heterocycles. The maximum Gasteiger partial charge on any atom is 0.110 e. The van der Waals surface area contributed by atoms with Crippen molar-refractivity contribution in [1.29, 1.82) is 0 Å². The molecular weight excluding hydrogens is 162 g/mol. The summed E-state index contributed by atoms with van der Waals surface area (Å²) in [6.45, 7) is 7.90. The molecule has 0 aliphatic heterocycles. The molecule has 3 heteroatoms. The van der Waals surface area contributed by atoms with E-state index in [9.17, 15) is 0 Å². The van der Waals surface area contributed by atoms with Gasteiger partial charge in [0.15, 0.2) is 0 Å². The third kappa shape index (κ3) is 1.86. The number of fused-ring (bicyclic) bond motifs is 1. The molecule has 2 aromatic rings. The number of rotatable bonds is 0. The van der Waals surface area contributed by atoms with Crippen LogP contribution in [-0.4, -0.2) is 15.0 Å². The van der Waals surface area contributed by atoms with Crippen LogP contribution in [0.25, 0.3) is 11.0 Å². The van der Waals surface area contributed by atoms with Gasteiger partial charge in [0.05, 0.1) is 11.2 Å². The third-order valence-electron chi connectivity index (χ3n) is 1.70. The van der Waals surface area contributed by atoms with Crippen molar-refractivity contribution in [3.8, 4) is 0 Å². The van der Waals surface area contributed by atoms with Crippen molar-refractivity contribution in [3.05, 3.63) is 23.8 Å². The molecule has 72 valence electrons. The van der Waals surface area contributed by atoms with Crippen molar-refractivity contribution >= 4 is 11.0 Å². The Bertz CT molecular complexity index is 395. The van der Waals surface area contributed by atoms with Gasteiger partial charge < -0.3 is 4.98 Å². The van der Waals surface area contributed by atoms with Crippen molar-refractivity contribution in [3.63, 3.8) is 0 Å². The fraction of sp³-hybridized carbons (Fsp3) is 0.400. The molecule has 0 amide bonds. The topological polar surface area (TPSA) is 41.6 Å². The summed E-state index contributed by atoms with van der Waals surface area (Å²) < 4.78 is 0. The molecule has 0 radical (unpaired) electrons. The largest absolute Gasteiger partial charge is 0.342 e. The Morgan fingerprint density at radius 2 is 2.00 bits per heavy atom. The maximum absolute atomic E-state index is 4.29. The first-order chi connectivity index (χ1) is 6.27. The highest BCUT2D eigenvalue weighted by molar-refractivity contribution is 5.76. The van der Waals surface area contributed by atoms with E-state index in [1.165, 1.54) is 0 Å². The Morgan fingerprint density at radius 1 is 1.31 bits per heavy atom. The molecule has 0 atom stereocenters. The zero-order chi connectivity index (χ0) is 9.84. The van der Waals surface area contributed by atoms with E-state index in [4.69, 9.17) is 0 Å². The third-order valence-corrected chi connectivity index (χ3v) is 1.70. The summed E-state index contributed by atoms with van der Waals surface area (Å²) in [7, 11) is 0. The first kappa shape index (κ1) is 9.71. The number of nitrogens with one attached hydrogen (secondary N) is 1. The van der Waals surface area contributed by atoms with E-state index in [0.717, 1.165) is 22.6 Å². The van der Waals surface area contributed by atoms with E-state index < -0.39 is 0 Å². The van der Waals surface area contributed by atoms with E-state index in [2.05, 4.69) is 15.0 Å². The molecule has 0 aliphatic carbocycles. The number of aryl methyl sites for hydroxylation is 2. The molecule has 0 aliphatic rings. The minimum absolute atomic E-state index is 0. The zero-order valence-corrected chi connectivity index (χ0v) is 8.55. The van der Waals surface area contributed by atoms with Crippen LogP contribution in [0.4, 0.5) is 0 Å². The first-order valence-electron chi connectivity index (χ1n) is 4.55. The minimum Gasteiger partial charge on any atom is -0.342 e. The number of hydrogen-bond donors (Lipinski definition) is 1. The molecule has 0 fully saturated rings. The predicted octanol–water partition coefficient (Wildman–Crippen LogP) is 2.85. The lowest BCUT2D eigenvalue weighted by Gasteiger charge is -1.89. The highest BCUT2D eigenvalue weighted by atomic mass is 14.9. The normalized spacial score (nSPS) is 9.54. The fourth-order valence-electron chi connectivity index (χ4n) is 1.19. The summed E-state index contributed by atoms with van der Waals surface area (Å²) in [6, 6.07) is 1.93. The van der Waals surface area contributed by atoms with E-state index in [-0.39, 0.29) is 1.43 Å². The summed E-state index contributed by atoms with van der Waals surface area (Å²) in [5.74, 6) is 0.941. The van der Waals surface area contributed by atoms with Crippen molar-refractivity contribution in [2.24, 2.45) is 0 Å². The minimum atomic E-state index is 0. The smallest absolute Gasteiger partial charge is 0.110 e. The van der Waals surface area contributed by atoms with Crippen molar-refractivity contribution in [2.75, 3.05) is 0 Å². The van der Waals surface area contributed by atoms with Crippen LogP contribution in [0.3, 0.4) is 0 Å². The van der Waals surface area contributed by atoms with Crippen LogP contribution < -0.4 is 0 Å². The monoisotopic (exact) mass is 179 g/mol. The van der Waals surface area contributed by atoms with Crippen molar-refractivity contribution < 1.29 is 1.43 Å². The number of H-pyrrole nitrogens is 1. The Balaban J connectivity index is 0.000000531. The number of aromatic amines is 1. The second-order valence-corrected chi connectivity index (χ2v) is 2.61. The maximum atomic E-state index is 4.29. The van der Waals surface area contributed by atoms with Crippen molar-refractivity contribution in [2.45, 2.75) is 27.7 Å². The molecule has 1 N–H and O–H groups in total. The van der Waals surface area contributed by atoms with Crippen LogP contribution in [-0.2, 0) is 0 Å². The molecule has 2 heterocycles. The summed E-state index contributed by atoms with van der Waals surface area (Å²) >= 11 is 0. The SMILES string of the molecule is CC.Cc1nc2c(C)nccc2[nH]1.[HH]. The summed E-state index contributed by atoms with van der Waals surface area (Å²) in [4.78, 5) is 11.6. The van der Waals surface area contributed by atoms with Gasteiger partial charge >= 0.3 is 0 Å². The zero-order valence-electron chi connectivity index (χ0n) is 8.55. The van der Waals surface area contributed by atoms with Gasteiger partial charge in [0, 0.05) is 7.62 Å². The molecule has 0 aromatic carbocycles. The van der Waals surface area contributed by atoms with Gasteiger partial charge in [-0.3, -0.25) is 4.98 Å². The molecule has 3 nitrogen and oxygen atoms in total. The van der Waals surface area contributed by atoms with E-state index in [1.54, 1.807) is 6.20 Å². The van der Waals surface area contributed by atoms with Crippen LogP contribution in [0.5, 0.6) is 0 Å². The lowest BCUT2D eigenvalue weighted by molar-refractivity contribution is 1.16. The van der Waals surface area contributed by atoms with Gasteiger partial charge in [-0.25, -0.2) is 4.98 Å². The molecule has 13 heavy (non-hydrogen) atoms. The van der Waals surface area contributed by atoms with Crippen molar-refractivity contribution in [1.82, 2.24) is 15.0 Å². The Kier molecular flexibility index (Phi) is 3.01. The number of aromatic nitrogens is 3. The van der Waals surface area contributed by atoms with Crippen LogP contribution in [0.15, 0.2) is 12.3 Å². The van der Waals surface area contributed by atoms with Crippen LogP contribution in [0, 0.1) is 13.8 Å². The molecule has 2 aromatic heterocycles. The Labute approximate surface area is 79.7 Å². The van der Waals surface area contributed by atoms with E-state index >= 15 is 0 Å². The van der Waals surface area contributed by atoms with Gasteiger partial charge in [0.2, 0.25) is 0 Å². The molecule has 0 saturated carbocycles. The highest BCUT2D eigenvalue weighted by Gasteiger charge is 2.00. The van der Waals surface area contributed by atoms with Crippen LogP contribution in [0.2, 0.25) is 0 Å². The number of nitrogens with zero attached hydrogens (tertiary/aromatic N) is 2. The van der Waals surface area contributed by atoms with Crippen LogP contribution >= 0.6 is 0 Å². The van der Waals surface area contributed by atoms with Gasteiger partial charge in [-0.1, -0.05) is 13.8 Å². The molecule has 0 unspecified atom stereocenters. The number of hydrogen-bond acceptors (Lipinski definition) is 2. The van der Waals surface area contributed by atoms with E-state index in [0.29, 0.717) is 0 Å².